The second-order valence-electron chi connectivity index (χ2n) is 2.89. The lowest BCUT2D eigenvalue weighted by Crippen LogP contribution is -2.18. The minimum Gasteiger partial charge on any atom is -0.324 e. The van der Waals surface area contributed by atoms with E-state index in [0.717, 1.165) is 4.90 Å². The summed E-state index contributed by atoms with van der Waals surface area (Å²) in [5.41, 5.74) is 0.255. The van der Waals surface area contributed by atoms with Crippen LogP contribution < -0.4 is 5.32 Å². The van der Waals surface area contributed by atoms with Gasteiger partial charge in [0, 0.05) is 11.0 Å². The number of carbonyl (C=O) groups excluding carboxylic acids is 1. The molecule has 7 heteroatoms. The molecule has 15 heavy (non-hydrogen) atoms. The Balaban J connectivity index is 2.51. The Hall–Kier alpha value is -1.27. The van der Waals surface area contributed by atoms with Crippen molar-refractivity contribution in [3.8, 4) is 0 Å². The number of thioether (sulfide) groups is 1. The molecule has 0 fully saturated rings. The standard InChI is InChI=1S/C8H5ClN2O3S/c9-4-1-7-5(2-6(4)11(13)14)10-8(12)3-15-7/h1-2H,3H2,(H,10,12). The zero-order chi connectivity index (χ0) is 11.0. The summed E-state index contributed by atoms with van der Waals surface area (Å²) in [6.07, 6.45) is 0. The van der Waals surface area contributed by atoms with Crippen LogP contribution in [-0.4, -0.2) is 16.6 Å². The maximum atomic E-state index is 11.1. The first-order chi connectivity index (χ1) is 7.08. The first kappa shape index (κ1) is 10.3. The van der Waals surface area contributed by atoms with E-state index in [1.54, 1.807) is 0 Å². The molecule has 5 nitrogen and oxygen atoms in total. The molecule has 0 bridgehead atoms. The van der Waals surface area contributed by atoms with Gasteiger partial charge in [0.1, 0.15) is 5.02 Å². The van der Waals surface area contributed by atoms with Gasteiger partial charge in [-0.05, 0) is 6.07 Å². The van der Waals surface area contributed by atoms with Crippen molar-refractivity contribution in [1.29, 1.82) is 0 Å². The van der Waals surface area contributed by atoms with E-state index in [1.807, 2.05) is 0 Å². The fourth-order valence-electron chi connectivity index (χ4n) is 1.23. The number of hydrogen-bond donors (Lipinski definition) is 1. The highest BCUT2D eigenvalue weighted by atomic mass is 35.5. The molecule has 0 atom stereocenters. The molecular weight excluding hydrogens is 240 g/mol. The molecule has 1 aliphatic heterocycles. The van der Waals surface area contributed by atoms with Crippen LogP contribution in [0.15, 0.2) is 17.0 Å². The van der Waals surface area contributed by atoms with Gasteiger partial charge in [0.25, 0.3) is 5.69 Å². The SMILES string of the molecule is O=C1CSc2cc(Cl)c([N+](=O)[O-])cc2N1. The van der Waals surface area contributed by atoms with E-state index >= 15 is 0 Å². The van der Waals surface area contributed by atoms with Gasteiger partial charge in [-0.25, -0.2) is 0 Å². The Bertz CT molecular complexity index is 463. The maximum absolute atomic E-state index is 11.1. The van der Waals surface area contributed by atoms with Crippen LogP contribution >= 0.6 is 23.4 Å². The normalized spacial score (nSPS) is 14.3. The summed E-state index contributed by atoms with van der Waals surface area (Å²) in [6.45, 7) is 0. The molecule has 2 rings (SSSR count). The molecule has 0 spiro atoms. The zero-order valence-electron chi connectivity index (χ0n) is 7.32. The number of carbonyl (C=O) groups is 1. The average Bonchev–Trinajstić information content (AvgIpc) is 2.17. The molecule has 1 aliphatic rings. The second kappa shape index (κ2) is 3.71. The predicted molar refractivity (Wildman–Crippen MR) is 57.5 cm³/mol. The van der Waals surface area contributed by atoms with E-state index in [0.29, 0.717) is 11.4 Å². The minimum absolute atomic E-state index is 0.0856. The van der Waals surface area contributed by atoms with Gasteiger partial charge in [0.05, 0.1) is 16.4 Å². The van der Waals surface area contributed by atoms with Crippen molar-refractivity contribution in [3.63, 3.8) is 0 Å². The Morgan fingerprint density at radius 3 is 2.93 bits per heavy atom. The molecule has 1 N–H and O–H groups in total. The van der Waals surface area contributed by atoms with Crippen molar-refractivity contribution in [2.75, 3.05) is 11.1 Å². The highest BCUT2D eigenvalue weighted by Gasteiger charge is 2.21. The van der Waals surface area contributed by atoms with Gasteiger partial charge >= 0.3 is 0 Å². The lowest BCUT2D eigenvalue weighted by Gasteiger charge is -2.15. The van der Waals surface area contributed by atoms with Crippen LogP contribution in [0.4, 0.5) is 11.4 Å². The molecule has 1 aromatic carbocycles. The number of rotatable bonds is 1. The highest BCUT2D eigenvalue weighted by molar-refractivity contribution is 8.00. The number of nitro benzene ring substituents is 1. The molecule has 1 aromatic rings. The monoisotopic (exact) mass is 244 g/mol. The van der Waals surface area contributed by atoms with Crippen LogP contribution in [0.25, 0.3) is 0 Å². The van der Waals surface area contributed by atoms with Crippen LogP contribution in [-0.2, 0) is 4.79 Å². The van der Waals surface area contributed by atoms with Crippen molar-refractivity contribution in [2.24, 2.45) is 0 Å². The van der Waals surface area contributed by atoms with Crippen molar-refractivity contribution < 1.29 is 9.72 Å². The zero-order valence-corrected chi connectivity index (χ0v) is 8.89. The van der Waals surface area contributed by atoms with Crippen LogP contribution in [0.2, 0.25) is 5.02 Å². The number of fused-ring (bicyclic) bond motifs is 1. The molecule has 78 valence electrons. The van der Waals surface area contributed by atoms with E-state index in [4.69, 9.17) is 11.6 Å². The van der Waals surface area contributed by atoms with E-state index in [9.17, 15) is 14.9 Å². The van der Waals surface area contributed by atoms with Gasteiger partial charge < -0.3 is 5.32 Å². The lowest BCUT2D eigenvalue weighted by atomic mass is 10.2. The third-order valence-electron chi connectivity index (χ3n) is 1.88. The van der Waals surface area contributed by atoms with Crippen LogP contribution in [0.3, 0.4) is 0 Å². The first-order valence-corrected chi connectivity index (χ1v) is 5.35. The lowest BCUT2D eigenvalue weighted by molar-refractivity contribution is -0.384. The summed E-state index contributed by atoms with van der Waals surface area (Å²) in [6, 6.07) is 2.78. The largest absolute Gasteiger partial charge is 0.324 e. The third kappa shape index (κ3) is 1.91. The summed E-state index contributed by atoms with van der Waals surface area (Å²) in [4.78, 5) is 21.8. The summed E-state index contributed by atoms with van der Waals surface area (Å²) in [7, 11) is 0. The summed E-state index contributed by atoms with van der Waals surface area (Å²) in [5.74, 6) is 0.144. The smallest absolute Gasteiger partial charge is 0.290 e. The van der Waals surface area contributed by atoms with Gasteiger partial charge in [-0.2, -0.15) is 0 Å². The summed E-state index contributed by atoms with van der Waals surface area (Å²) >= 11 is 7.04. The van der Waals surface area contributed by atoms with E-state index in [2.05, 4.69) is 5.32 Å². The first-order valence-electron chi connectivity index (χ1n) is 3.98. The molecule has 0 aromatic heterocycles. The van der Waals surface area contributed by atoms with Crippen LogP contribution in [0.1, 0.15) is 0 Å². The van der Waals surface area contributed by atoms with Crippen molar-refractivity contribution >= 4 is 40.6 Å². The molecule has 1 amide bonds. The van der Waals surface area contributed by atoms with E-state index < -0.39 is 4.92 Å². The maximum Gasteiger partial charge on any atom is 0.290 e. The molecule has 1 heterocycles. The number of benzene rings is 1. The Morgan fingerprint density at radius 2 is 2.27 bits per heavy atom. The molecule has 0 saturated heterocycles. The predicted octanol–water partition coefficient (Wildman–Crippen LogP) is 2.29. The average molecular weight is 245 g/mol. The summed E-state index contributed by atoms with van der Waals surface area (Å²) < 4.78 is 0. The molecule has 0 unspecified atom stereocenters. The van der Waals surface area contributed by atoms with E-state index in [1.165, 1.54) is 23.9 Å². The number of nitrogens with zero attached hydrogens (tertiary/aromatic N) is 1. The van der Waals surface area contributed by atoms with Crippen molar-refractivity contribution in [3.05, 3.63) is 27.3 Å². The summed E-state index contributed by atoms with van der Waals surface area (Å²) in [5, 5.41) is 13.2. The van der Waals surface area contributed by atoms with Gasteiger partial charge in [0.2, 0.25) is 5.91 Å². The number of hydrogen-bond acceptors (Lipinski definition) is 4. The second-order valence-corrected chi connectivity index (χ2v) is 4.32. The van der Waals surface area contributed by atoms with Gasteiger partial charge in [0.15, 0.2) is 0 Å². The fourth-order valence-corrected chi connectivity index (χ4v) is 2.35. The van der Waals surface area contributed by atoms with Gasteiger partial charge in [-0.1, -0.05) is 11.6 Å². The Labute approximate surface area is 93.9 Å². The van der Waals surface area contributed by atoms with Crippen LogP contribution in [0.5, 0.6) is 0 Å². The third-order valence-corrected chi connectivity index (χ3v) is 3.24. The topological polar surface area (TPSA) is 72.2 Å². The quantitative estimate of drug-likeness (QED) is 0.608. The Morgan fingerprint density at radius 1 is 1.53 bits per heavy atom. The van der Waals surface area contributed by atoms with Crippen molar-refractivity contribution in [1.82, 2.24) is 0 Å². The number of amides is 1. The van der Waals surface area contributed by atoms with Crippen molar-refractivity contribution in [2.45, 2.75) is 4.90 Å². The Kier molecular flexibility index (Phi) is 2.54. The fraction of sp³-hybridized carbons (Fsp3) is 0.125. The van der Waals surface area contributed by atoms with E-state index in [-0.39, 0.29) is 16.6 Å². The molecule has 0 aliphatic carbocycles. The highest BCUT2D eigenvalue weighted by Crippen LogP contribution is 2.38. The molecule has 0 saturated carbocycles. The number of anilines is 1. The van der Waals surface area contributed by atoms with Crippen LogP contribution in [0, 0.1) is 10.1 Å². The van der Waals surface area contributed by atoms with Gasteiger partial charge in [-0.3, -0.25) is 14.9 Å². The number of nitro groups is 1. The molecule has 0 radical (unpaired) electrons. The number of nitrogens with one attached hydrogen (secondary N) is 1. The number of halogens is 1. The van der Waals surface area contributed by atoms with Gasteiger partial charge in [-0.15, -0.1) is 11.8 Å². The molecular formula is C8H5ClN2O3S. The minimum atomic E-state index is -0.575.